The van der Waals surface area contributed by atoms with E-state index >= 15 is 0 Å². The van der Waals surface area contributed by atoms with E-state index in [1.54, 1.807) is 12.1 Å². The number of hydrogen-bond donors (Lipinski definition) is 1. The van der Waals surface area contributed by atoms with Gasteiger partial charge in [-0.15, -0.1) is 0 Å². The van der Waals surface area contributed by atoms with E-state index in [-0.39, 0.29) is 17.8 Å². The van der Waals surface area contributed by atoms with E-state index in [9.17, 15) is 4.39 Å². The zero-order valence-electron chi connectivity index (χ0n) is 12.4. The molecule has 0 aliphatic carbocycles. The molecule has 1 rings (SSSR count). The maximum absolute atomic E-state index is 13.7. The van der Waals surface area contributed by atoms with Crippen molar-refractivity contribution in [1.29, 1.82) is 0 Å². The topological polar surface area (TPSA) is 32.5 Å². The van der Waals surface area contributed by atoms with Crippen LogP contribution in [0, 0.1) is 11.7 Å². The van der Waals surface area contributed by atoms with Crippen LogP contribution in [0.15, 0.2) is 24.3 Å². The van der Waals surface area contributed by atoms with Crippen molar-refractivity contribution in [2.45, 2.75) is 13.0 Å². The molecule has 3 nitrogen and oxygen atoms in total. The SMILES string of the molecule is CC(CN(C)CCN(C)C)C(N)c1ccccc1F. The van der Waals surface area contributed by atoms with Gasteiger partial charge in [0.05, 0.1) is 0 Å². The highest BCUT2D eigenvalue weighted by molar-refractivity contribution is 5.21. The van der Waals surface area contributed by atoms with Crippen LogP contribution in [0.3, 0.4) is 0 Å². The summed E-state index contributed by atoms with van der Waals surface area (Å²) in [6.07, 6.45) is 0. The second-order valence-corrected chi connectivity index (χ2v) is 5.59. The molecule has 0 fully saturated rings. The van der Waals surface area contributed by atoms with Crippen LogP contribution in [0.5, 0.6) is 0 Å². The second kappa shape index (κ2) is 7.58. The molecule has 4 heteroatoms. The normalized spacial score (nSPS) is 14.9. The van der Waals surface area contributed by atoms with Crippen molar-refractivity contribution < 1.29 is 4.39 Å². The molecule has 19 heavy (non-hydrogen) atoms. The molecule has 0 amide bonds. The Morgan fingerprint density at radius 1 is 1.16 bits per heavy atom. The predicted molar refractivity (Wildman–Crippen MR) is 78.5 cm³/mol. The highest BCUT2D eigenvalue weighted by Crippen LogP contribution is 2.22. The maximum Gasteiger partial charge on any atom is 0.127 e. The van der Waals surface area contributed by atoms with Crippen LogP contribution >= 0.6 is 0 Å². The number of hydrogen-bond acceptors (Lipinski definition) is 3. The summed E-state index contributed by atoms with van der Waals surface area (Å²) in [5.41, 5.74) is 6.77. The molecule has 0 spiro atoms. The van der Waals surface area contributed by atoms with Gasteiger partial charge in [0.15, 0.2) is 0 Å². The maximum atomic E-state index is 13.7. The van der Waals surface area contributed by atoms with Gasteiger partial charge in [-0.3, -0.25) is 0 Å². The lowest BCUT2D eigenvalue weighted by Crippen LogP contribution is -2.35. The summed E-state index contributed by atoms with van der Waals surface area (Å²) in [5.74, 6) is 0.00172. The average molecular weight is 267 g/mol. The van der Waals surface area contributed by atoms with Crippen molar-refractivity contribution >= 4 is 0 Å². The number of nitrogens with zero attached hydrogens (tertiary/aromatic N) is 2. The van der Waals surface area contributed by atoms with Crippen LogP contribution in [0.25, 0.3) is 0 Å². The number of benzene rings is 1. The molecular formula is C15H26FN3. The van der Waals surface area contributed by atoms with Gasteiger partial charge >= 0.3 is 0 Å². The summed E-state index contributed by atoms with van der Waals surface area (Å²) in [6.45, 7) is 4.94. The summed E-state index contributed by atoms with van der Waals surface area (Å²) in [5, 5.41) is 0. The number of rotatable bonds is 7. The summed E-state index contributed by atoms with van der Waals surface area (Å²) in [7, 11) is 6.19. The van der Waals surface area contributed by atoms with Crippen LogP contribution in [-0.2, 0) is 0 Å². The first kappa shape index (κ1) is 16.1. The van der Waals surface area contributed by atoms with E-state index in [4.69, 9.17) is 5.73 Å². The number of halogens is 1. The van der Waals surface area contributed by atoms with Gasteiger partial charge in [0.25, 0.3) is 0 Å². The highest BCUT2D eigenvalue weighted by Gasteiger charge is 2.19. The monoisotopic (exact) mass is 267 g/mol. The van der Waals surface area contributed by atoms with E-state index in [0.29, 0.717) is 5.56 Å². The summed E-state index contributed by atoms with van der Waals surface area (Å²) in [4.78, 5) is 4.39. The lowest BCUT2D eigenvalue weighted by molar-refractivity contribution is 0.237. The lowest BCUT2D eigenvalue weighted by Gasteiger charge is -2.27. The minimum Gasteiger partial charge on any atom is -0.324 e. The van der Waals surface area contributed by atoms with Crippen molar-refractivity contribution in [3.63, 3.8) is 0 Å². The van der Waals surface area contributed by atoms with Gasteiger partial charge in [-0.2, -0.15) is 0 Å². The van der Waals surface area contributed by atoms with Crippen LogP contribution < -0.4 is 5.73 Å². The fourth-order valence-corrected chi connectivity index (χ4v) is 2.12. The van der Waals surface area contributed by atoms with Crippen molar-refractivity contribution in [3.8, 4) is 0 Å². The fraction of sp³-hybridized carbons (Fsp3) is 0.600. The van der Waals surface area contributed by atoms with Gasteiger partial charge in [-0.25, -0.2) is 4.39 Å². The Labute approximate surface area is 116 Å². The molecule has 0 radical (unpaired) electrons. The Hall–Kier alpha value is -0.970. The number of likely N-dealkylation sites (N-methyl/N-ethyl adjacent to an activating group) is 2. The molecule has 1 aromatic carbocycles. The van der Waals surface area contributed by atoms with Gasteiger partial charge in [0, 0.05) is 31.2 Å². The third-order valence-corrected chi connectivity index (χ3v) is 3.41. The van der Waals surface area contributed by atoms with Crippen LogP contribution in [0.1, 0.15) is 18.5 Å². The fourth-order valence-electron chi connectivity index (χ4n) is 2.12. The first-order valence-corrected chi connectivity index (χ1v) is 6.75. The van der Waals surface area contributed by atoms with Crippen molar-refractivity contribution in [1.82, 2.24) is 9.80 Å². The van der Waals surface area contributed by atoms with E-state index in [0.717, 1.165) is 19.6 Å². The van der Waals surface area contributed by atoms with Crippen molar-refractivity contribution in [3.05, 3.63) is 35.6 Å². The molecule has 0 bridgehead atoms. The van der Waals surface area contributed by atoms with E-state index in [2.05, 4.69) is 37.9 Å². The first-order chi connectivity index (χ1) is 8.91. The zero-order chi connectivity index (χ0) is 14.4. The van der Waals surface area contributed by atoms with Crippen LogP contribution in [0.4, 0.5) is 4.39 Å². The molecule has 2 unspecified atom stereocenters. The zero-order valence-corrected chi connectivity index (χ0v) is 12.4. The summed E-state index contributed by atoms with van der Waals surface area (Å²) < 4.78 is 13.7. The van der Waals surface area contributed by atoms with Crippen LogP contribution in [0.2, 0.25) is 0 Å². The largest absolute Gasteiger partial charge is 0.324 e. The molecule has 2 atom stereocenters. The van der Waals surface area contributed by atoms with E-state index < -0.39 is 0 Å². The molecule has 0 saturated heterocycles. The van der Waals surface area contributed by atoms with E-state index in [1.807, 2.05) is 6.07 Å². The number of nitrogens with two attached hydrogens (primary N) is 1. The third-order valence-electron chi connectivity index (χ3n) is 3.41. The predicted octanol–water partition coefficient (Wildman–Crippen LogP) is 1.96. The smallest absolute Gasteiger partial charge is 0.127 e. The highest BCUT2D eigenvalue weighted by atomic mass is 19.1. The van der Waals surface area contributed by atoms with Gasteiger partial charge < -0.3 is 15.5 Å². The Morgan fingerprint density at radius 3 is 2.37 bits per heavy atom. The Morgan fingerprint density at radius 2 is 1.79 bits per heavy atom. The molecule has 0 aliphatic rings. The quantitative estimate of drug-likeness (QED) is 0.819. The molecule has 0 heterocycles. The Kier molecular flexibility index (Phi) is 6.42. The lowest BCUT2D eigenvalue weighted by atomic mass is 9.94. The molecule has 108 valence electrons. The third kappa shape index (κ3) is 5.27. The second-order valence-electron chi connectivity index (χ2n) is 5.59. The molecule has 2 N–H and O–H groups in total. The minimum absolute atomic E-state index is 0.210. The molecule has 0 saturated carbocycles. The Balaban J connectivity index is 2.53. The van der Waals surface area contributed by atoms with Gasteiger partial charge in [0.1, 0.15) is 5.82 Å². The first-order valence-electron chi connectivity index (χ1n) is 6.75. The molecular weight excluding hydrogens is 241 g/mol. The van der Waals surface area contributed by atoms with Crippen LogP contribution in [-0.4, -0.2) is 50.6 Å². The molecule has 1 aromatic rings. The Bertz CT molecular complexity index is 381. The van der Waals surface area contributed by atoms with E-state index in [1.165, 1.54) is 6.07 Å². The van der Waals surface area contributed by atoms with Gasteiger partial charge in [-0.1, -0.05) is 25.1 Å². The van der Waals surface area contributed by atoms with Gasteiger partial charge in [-0.05, 0) is 33.1 Å². The average Bonchev–Trinajstić information content (AvgIpc) is 2.36. The molecule has 0 aliphatic heterocycles. The molecule has 0 aromatic heterocycles. The van der Waals surface area contributed by atoms with Crippen molar-refractivity contribution in [2.75, 3.05) is 40.8 Å². The summed E-state index contributed by atoms with van der Waals surface area (Å²) in [6, 6.07) is 6.51. The van der Waals surface area contributed by atoms with Crippen molar-refractivity contribution in [2.24, 2.45) is 11.7 Å². The minimum atomic E-state index is -0.261. The summed E-state index contributed by atoms with van der Waals surface area (Å²) >= 11 is 0. The van der Waals surface area contributed by atoms with Gasteiger partial charge in [0.2, 0.25) is 0 Å². The standard InChI is InChI=1S/C15H26FN3/c1-12(11-19(4)10-9-18(2)3)15(17)13-7-5-6-8-14(13)16/h5-8,12,15H,9-11,17H2,1-4H3.